The first-order chi connectivity index (χ1) is 14.0. The molecule has 0 N–H and O–H groups in total. The molecule has 4 rings (SSSR count). The van der Waals surface area contributed by atoms with E-state index in [-0.39, 0.29) is 18.9 Å². The van der Waals surface area contributed by atoms with Crippen molar-refractivity contribution in [2.24, 2.45) is 4.99 Å². The molecule has 2 heterocycles. The molecule has 10 heteroatoms. The number of fused-ring (bicyclic) bond motifs is 2. The maximum absolute atomic E-state index is 12.9. The number of carbonyl (C=O) groups is 2. The number of thiazole rings is 1. The van der Waals surface area contributed by atoms with Crippen LogP contribution in [0.2, 0.25) is 5.02 Å². The van der Waals surface area contributed by atoms with Crippen molar-refractivity contribution in [3.05, 3.63) is 45.7 Å². The minimum Gasteiger partial charge on any atom is -0.496 e. The third-order valence-corrected chi connectivity index (χ3v) is 5.56. The zero-order chi connectivity index (χ0) is 20.5. The Hall–Kier alpha value is -3.04. The van der Waals surface area contributed by atoms with Gasteiger partial charge in [0, 0.05) is 17.2 Å². The summed E-state index contributed by atoms with van der Waals surface area (Å²) >= 11 is 7.26. The van der Waals surface area contributed by atoms with Gasteiger partial charge in [-0.3, -0.25) is 9.59 Å². The maximum Gasteiger partial charge on any atom is 0.325 e. The number of esters is 1. The van der Waals surface area contributed by atoms with Crippen molar-refractivity contribution in [1.82, 2.24) is 4.57 Å². The predicted molar refractivity (Wildman–Crippen MR) is 106 cm³/mol. The fourth-order valence-corrected chi connectivity index (χ4v) is 4.10. The van der Waals surface area contributed by atoms with Crippen LogP contribution in [0, 0.1) is 0 Å². The first-order valence-electron chi connectivity index (χ1n) is 8.42. The second-order valence-electron chi connectivity index (χ2n) is 5.98. The van der Waals surface area contributed by atoms with Crippen molar-refractivity contribution >= 4 is 45.0 Å². The van der Waals surface area contributed by atoms with Crippen LogP contribution in [-0.4, -0.2) is 37.5 Å². The summed E-state index contributed by atoms with van der Waals surface area (Å²) < 4.78 is 23.2. The van der Waals surface area contributed by atoms with E-state index in [1.807, 2.05) is 0 Å². The molecule has 0 fully saturated rings. The lowest BCUT2D eigenvalue weighted by Gasteiger charge is -2.06. The summed E-state index contributed by atoms with van der Waals surface area (Å²) in [4.78, 5) is 29.3. The Morgan fingerprint density at radius 2 is 1.97 bits per heavy atom. The van der Waals surface area contributed by atoms with Gasteiger partial charge in [-0.25, -0.2) is 0 Å². The van der Waals surface area contributed by atoms with E-state index in [1.54, 1.807) is 28.8 Å². The highest BCUT2D eigenvalue weighted by Crippen LogP contribution is 2.37. The highest BCUT2D eigenvalue weighted by molar-refractivity contribution is 7.16. The number of hydrogen-bond acceptors (Lipinski definition) is 7. The molecule has 0 saturated carbocycles. The summed E-state index contributed by atoms with van der Waals surface area (Å²) in [5.74, 6) is 0.484. The Balaban J connectivity index is 1.88. The number of aromatic nitrogens is 1. The quantitative estimate of drug-likeness (QED) is 0.586. The van der Waals surface area contributed by atoms with E-state index in [0.29, 0.717) is 32.6 Å². The fourth-order valence-electron chi connectivity index (χ4n) is 2.89. The lowest BCUT2D eigenvalue weighted by Crippen LogP contribution is -2.22. The van der Waals surface area contributed by atoms with Crippen LogP contribution in [-0.2, 0) is 16.1 Å². The summed E-state index contributed by atoms with van der Waals surface area (Å²) in [6.07, 6.45) is 0. The van der Waals surface area contributed by atoms with Crippen LogP contribution in [0.15, 0.2) is 35.3 Å². The number of benzene rings is 2. The van der Waals surface area contributed by atoms with Gasteiger partial charge in [-0.1, -0.05) is 22.9 Å². The lowest BCUT2D eigenvalue weighted by molar-refractivity contribution is -0.141. The van der Waals surface area contributed by atoms with E-state index in [2.05, 4.69) is 4.99 Å². The first kappa shape index (κ1) is 19.3. The van der Waals surface area contributed by atoms with Crippen LogP contribution in [0.5, 0.6) is 17.2 Å². The van der Waals surface area contributed by atoms with Crippen molar-refractivity contribution in [1.29, 1.82) is 0 Å². The molecule has 0 saturated heterocycles. The Bertz CT molecular complexity index is 1200. The number of amides is 1. The number of ether oxygens (including phenoxy) is 4. The van der Waals surface area contributed by atoms with Crippen LogP contribution in [0.4, 0.5) is 0 Å². The third-order valence-electron chi connectivity index (χ3n) is 4.28. The molecule has 2 aromatic carbocycles. The number of methoxy groups -OCH3 is 2. The lowest BCUT2D eigenvalue weighted by atomic mass is 10.2. The summed E-state index contributed by atoms with van der Waals surface area (Å²) in [6.45, 7) is 0.0167. The molecule has 1 aliphatic heterocycles. The van der Waals surface area contributed by atoms with Gasteiger partial charge in [0.15, 0.2) is 16.3 Å². The molecule has 0 spiro atoms. The van der Waals surface area contributed by atoms with E-state index in [1.165, 1.54) is 31.6 Å². The van der Waals surface area contributed by atoms with Crippen molar-refractivity contribution in [2.75, 3.05) is 21.0 Å². The SMILES string of the molecule is COC(=O)Cn1c(=NC(=O)c2cc(Cl)ccc2OC)sc2cc3c(cc21)OCO3. The number of hydrogen-bond donors (Lipinski definition) is 0. The van der Waals surface area contributed by atoms with Gasteiger partial charge >= 0.3 is 5.97 Å². The van der Waals surface area contributed by atoms with Gasteiger partial charge in [0.05, 0.1) is 30.0 Å². The molecule has 0 aliphatic carbocycles. The Morgan fingerprint density at radius 1 is 1.21 bits per heavy atom. The van der Waals surface area contributed by atoms with Crippen LogP contribution in [0.3, 0.4) is 0 Å². The normalized spacial score (nSPS) is 13.0. The topological polar surface area (TPSA) is 88.4 Å². The number of halogens is 1. The standard InChI is InChI=1S/C19H15ClN2O6S/c1-25-13-4-3-10(20)5-11(13)18(24)21-19-22(8-17(23)26-2)12-6-14-15(28-9-27-14)7-16(12)29-19/h3-7H,8-9H2,1-2H3. The Labute approximate surface area is 173 Å². The van der Waals surface area contributed by atoms with Crippen LogP contribution >= 0.6 is 22.9 Å². The van der Waals surface area contributed by atoms with Gasteiger partial charge < -0.3 is 23.5 Å². The molecule has 1 aliphatic rings. The molecule has 150 valence electrons. The highest BCUT2D eigenvalue weighted by atomic mass is 35.5. The predicted octanol–water partition coefficient (Wildman–Crippen LogP) is 3.01. The smallest absolute Gasteiger partial charge is 0.325 e. The molecule has 1 amide bonds. The second kappa shape index (κ2) is 7.76. The third kappa shape index (κ3) is 3.66. The van der Waals surface area contributed by atoms with Gasteiger partial charge in [-0.15, -0.1) is 0 Å². The molecule has 0 unspecified atom stereocenters. The minimum atomic E-state index is -0.547. The van der Waals surface area contributed by atoms with E-state index >= 15 is 0 Å². The van der Waals surface area contributed by atoms with E-state index in [0.717, 1.165) is 4.70 Å². The van der Waals surface area contributed by atoms with E-state index in [4.69, 9.17) is 30.5 Å². The molecule has 3 aromatic rings. The summed E-state index contributed by atoms with van der Waals surface area (Å²) in [6, 6.07) is 8.24. The maximum atomic E-state index is 12.9. The highest BCUT2D eigenvalue weighted by Gasteiger charge is 2.20. The molecule has 0 atom stereocenters. The van der Waals surface area contributed by atoms with Crippen molar-refractivity contribution in [2.45, 2.75) is 6.54 Å². The molecular weight excluding hydrogens is 420 g/mol. The van der Waals surface area contributed by atoms with E-state index in [9.17, 15) is 9.59 Å². The average Bonchev–Trinajstić information content (AvgIpc) is 3.30. The van der Waals surface area contributed by atoms with Crippen molar-refractivity contribution < 1.29 is 28.5 Å². The van der Waals surface area contributed by atoms with Crippen LogP contribution in [0.1, 0.15) is 10.4 Å². The fraction of sp³-hybridized carbons (Fsp3) is 0.211. The van der Waals surface area contributed by atoms with Gasteiger partial charge in [0.1, 0.15) is 12.3 Å². The Morgan fingerprint density at radius 3 is 2.69 bits per heavy atom. The van der Waals surface area contributed by atoms with E-state index < -0.39 is 11.9 Å². The zero-order valence-electron chi connectivity index (χ0n) is 15.4. The Kier molecular flexibility index (Phi) is 5.16. The van der Waals surface area contributed by atoms with Gasteiger partial charge in [0.2, 0.25) is 6.79 Å². The summed E-state index contributed by atoms with van der Waals surface area (Å²) in [7, 11) is 2.75. The molecule has 8 nitrogen and oxygen atoms in total. The van der Waals surface area contributed by atoms with Gasteiger partial charge in [0.25, 0.3) is 5.91 Å². The number of carbonyl (C=O) groups excluding carboxylic acids is 2. The number of rotatable bonds is 4. The summed E-state index contributed by atoms with van der Waals surface area (Å²) in [5, 5.41) is 0.383. The zero-order valence-corrected chi connectivity index (χ0v) is 17.0. The second-order valence-corrected chi connectivity index (χ2v) is 7.43. The molecule has 1 aromatic heterocycles. The van der Waals surface area contributed by atoms with Gasteiger partial charge in [-0.05, 0) is 18.2 Å². The molecule has 0 radical (unpaired) electrons. The largest absolute Gasteiger partial charge is 0.496 e. The average molecular weight is 435 g/mol. The molecule has 0 bridgehead atoms. The summed E-state index contributed by atoms with van der Waals surface area (Å²) in [5.41, 5.74) is 0.894. The molecular formula is C19H15ClN2O6S. The monoisotopic (exact) mass is 434 g/mol. The minimum absolute atomic E-state index is 0.116. The van der Waals surface area contributed by atoms with Crippen LogP contribution in [0.25, 0.3) is 10.2 Å². The van der Waals surface area contributed by atoms with Crippen LogP contribution < -0.4 is 19.0 Å². The van der Waals surface area contributed by atoms with Crippen molar-refractivity contribution in [3.8, 4) is 17.2 Å². The first-order valence-corrected chi connectivity index (χ1v) is 9.62. The van der Waals surface area contributed by atoms with Gasteiger partial charge in [-0.2, -0.15) is 4.99 Å². The van der Waals surface area contributed by atoms with Crippen molar-refractivity contribution in [3.63, 3.8) is 0 Å². The number of nitrogens with zero attached hydrogens (tertiary/aromatic N) is 2. The molecule has 29 heavy (non-hydrogen) atoms.